The molecule has 0 radical (unpaired) electrons. The predicted octanol–water partition coefficient (Wildman–Crippen LogP) is 4.05. The van der Waals surface area contributed by atoms with Crippen LogP contribution in [0.1, 0.15) is 51.6 Å². The molecule has 1 aromatic carbocycles. The molecule has 2 rings (SSSR count). The second-order valence-electron chi connectivity index (χ2n) is 5.98. The number of hydrogen-bond acceptors (Lipinski definition) is 2. The first kappa shape index (κ1) is 14.3. The summed E-state index contributed by atoms with van der Waals surface area (Å²) in [7, 11) is 0. The van der Waals surface area contributed by atoms with Crippen molar-refractivity contribution in [2.75, 3.05) is 0 Å². The Morgan fingerprint density at radius 1 is 1.26 bits per heavy atom. The van der Waals surface area contributed by atoms with Crippen molar-refractivity contribution >= 4 is 0 Å². The van der Waals surface area contributed by atoms with Gasteiger partial charge in [0, 0.05) is 11.6 Å². The molecule has 19 heavy (non-hydrogen) atoms. The lowest BCUT2D eigenvalue weighted by atomic mass is 9.80. The van der Waals surface area contributed by atoms with Crippen molar-refractivity contribution in [1.82, 2.24) is 0 Å². The van der Waals surface area contributed by atoms with Crippen molar-refractivity contribution in [2.45, 2.75) is 52.2 Å². The highest BCUT2D eigenvalue weighted by Crippen LogP contribution is 2.33. The smallest absolute Gasteiger partial charge is 0.124 e. The Labute approximate surface area is 115 Å². The van der Waals surface area contributed by atoms with Gasteiger partial charge in [0.05, 0.1) is 6.10 Å². The van der Waals surface area contributed by atoms with E-state index in [4.69, 9.17) is 10.5 Å². The lowest BCUT2D eigenvalue weighted by Crippen LogP contribution is -2.29. The fourth-order valence-electron chi connectivity index (χ4n) is 2.77. The van der Waals surface area contributed by atoms with Gasteiger partial charge in [-0.15, -0.1) is 0 Å². The highest BCUT2D eigenvalue weighted by Gasteiger charge is 2.26. The molecule has 0 aliphatic heterocycles. The van der Waals surface area contributed by atoms with Crippen LogP contribution in [0.2, 0.25) is 0 Å². The van der Waals surface area contributed by atoms with E-state index < -0.39 is 0 Å². The van der Waals surface area contributed by atoms with Gasteiger partial charge in [0.1, 0.15) is 11.6 Å². The maximum Gasteiger partial charge on any atom is 0.124 e. The molecule has 1 aliphatic carbocycles. The number of ether oxygens (including phenoxy) is 1. The number of hydrogen-bond donors (Lipinski definition) is 1. The van der Waals surface area contributed by atoms with Crippen LogP contribution in [0.25, 0.3) is 0 Å². The summed E-state index contributed by atoms with van der Waals surface area (Å²) in [5, 5.41) is 0. The third kappa shape index (κ3) is 3.47. The van der Waals surface area contributed by atoms with Gasteiger partial charge in [-0.2, -0.15) is 0 Å². The largest absolute Gasteiger partial charge is 0.490 e. The van der Waals surface area contributed by atoms with Crippen LogP contribution in [-0.2, 0) is 0 Å². The minimum absolute atomic E-state index is 0.217. The molecule has 3 unspecified atom stereocenters. The van der Waals surface area contributed by atoms with Gasteiger partial charge in [-0.25, -0.2) is 4.39 Å². The third-order valence-corrected chi connectivity index (χ3v) is 4.31. The van der Waals surface area contributed by atoms with Crippen molar-refractivity contribution in [3.8, 4) is 5.75 Å². The summed E-state index contributed by atoms with van der Waals surface area (Å²) in [6.45, 7) is 6.43. The average molecular weight is 265 g/mol. The minimum Gasteiger partial charge on any atom is -0.490 e. The number of nitrogens with two attached hydrogens (primary N) is 1. The predicted molar refractivity (Wildman–Crippen MR) is 75.6 cm³/mol. The second kappa shape index (κ2) is 5.91. The van der Waals surface area contributed by atoms with Gasteiger partial charge in [-0.3, -0.25) is 0 Å². The molecule has 1 aliphatic rings. The van der Waals surface area contributed by atoms with Crippen molar-refractivity contribution in [3.05, 3.63) is 29.6 Å². The van der Waals surface area contributed by atoms with Crippen LogP contribution >= 0.6 is 0 Å². The highest BCUT2D eigenvalue weighted by atomic mass is 19.1. The van der Waals surface area contributed by atoms with Crippen molar-refractivity contribution < 1.29 is 9.13 Å². The molecule has 3 heteroatoms. The molecule has 1 saturated carbocycles. The maximum atomic E-state index is 13.3. The van der Waals surface area contributed by atoms with Gasteiger partial charge in [-0.1, -0.05) is 13.8 Å². The topological polar surface area (TPSA) is 35.2 Å². The summed E-state index contributed by atoms with van der Waals surface area (Å²) in [4.78, 5) is 0. The zero-order valence-electron chi connectivity index (χ0n) is 12.0. The highest BCUT2D eigenvalue weighted by molar-refractivity contribution is 5.36. The SMILES string of the molecule is CC1CCC(Oc2ccc(F)cc2[C@@H](C)N)CC1C. The first-order valence-corrected chi connectivity index (χ1v) is 7.19. The van der Waals surface area contributed by atoms with E-state index in [-0.39, 0.29) is 18.0 Å². The Bertz CT molecular complexity index is 433. The van der Waals surface area contributed by atoms with Crippen LogP contribution in [0.15, 0.2) is 18.2 Å². The summed E-state index contributed by atoms with van der Waals surface area (Å²) >= 11 is 0. The van der Waals surface area contributed by atoms with E-state index in [0.29, 0.717) is 5.92 Å². The summed E-state index contributed by atoms with van der Waals surface area (Å²) < 4.78 is 19.4. The van der Waals surface area contributed by atoms with Crippen molar-refractivity contribution in [1.29, 1.82) is 0 Å². The van der Waals surface area contributed by atoms with Gasteiger partial charge in [0.2, 0.25) is 0 Å². The first-order chi connectivity index (χ1) is 8.97. The van der Waals surface area contributed by atoms with Crippen LogP contribution in [-0.4, -0.2) is 6.10 Å². The molecule has 0 amide bonds. The van der Waals surface area contributed by atoms with E-state index in [1.807, 2.05) is 6.92 Å². The Morgan fingerprint density at radius 2 is 2.00 bits per heavy atom. The third-order valence-electron chi connectivity index (χ3n) is 4.31. The summed E-state index contributed by atoms with van der Waals surface area (Å²) in [5.74, 6) is 1.92. The van der Waals surface area contributed by atoms with Crippen molar-refractivity contribution in [3.63, 3.8) is 0 Å². The van der Waals surface area contributed by atoms with Crippen molar-refractivity contribution in [2.24, 2.45) is 17.6 Å². The van der Waals surface area contributed by atoms with E-state index >= 15 is 0 Å². The Hall–Kier alpha value is -1.09. The van der Waals surface area contributed by atoms with Gasteiger partial charge in [0.25, 0.3) is 0 Å². The molecule has 1 aromatic rings. The monoisotopic (exact) mass is 265 g/mol. The number of benzene rings is 1. The quantitative estimate of drug-likeness (QED) is 0.895. The van der Waals surface area contributed by atoms with E-state index in [2.05, 4.69) is 13.8 Å². The average Bonchev–Trinajstić information content (AvgIpc) is 2.36. The van der Waals surface area contributed by atoms with Crippen LogP contribution in [0.4, 0.5) is 4.39 Å². The molecule has 106 valence electrons. The standard InChI is InChI=1S/C16H24FNO/c1-10-4-6-14(8-11(10)2)19-16-7-5-13(17)9-15(16)12(3)18/h5,7,9-12,14H,4,6,8,18H2,1-3H3/t10?,11?,12-,14?/m1/s1. The zero-order chi connectivity index (χ0) is 14.0. The number of halogens is 1. The zero-order valence-corrected chi connectivity index (χ0v) is 12.0. The van der Waals surface area contributed by atoms with E-state index in [1.54, 1.807) is 6.07 Å². The first-order valence-electron chi connectivity index (χ1n) is 7.19. The van der Waals surface area contributed by atoms with Crippen LogP contribution in [0.5, 0.6) is 5.75 Å². The molecular formula is C16H24FNO. The molecule has 0 spiro atoms. The number of rotatable bonds is 3. The minimum atomic E-state index is -0.259. The molecular weight excluding hydrogens is 241 g/mol. The normalized spacial score (nSPS) is 29.0. The second-order valence-corrected chi connectivity index (χ2v) is 5.98. The molecule has 0 bridgehead atoms. The molecule has 0 saturated heterocycles. The Balaban J connectivity index is 2.11. The Morgan fingerprint density at radius 3 is 2.63 bits per heavy atom. The molecule has 0 heterocycles. The molecule has 1 fully saturated rings. The Kier molecular flexibility index (Phi) is 4.46. The molecule has 2 nitrogen and oxygen atoms in total. The fraction of sp³-hybridized carbons (Fsp3) is 0.625. The lowest BCUT2D eigenvalue weighted by Gasteiger charge is -2.33. The molecule has 0 aromatic heterocycles. The summed E-state index contributed by atoms with van der Waals surface area (Å²) in [5.41, 5.74) is 6.65. The van der Waals surface area contributed by atoms with Crippen LogP contribution in [0.3, 0.4) is 0 Å². The van der Waals surface area contributed by atoms with E-state index in [9.17, 15) is 4.39 Å². The maximum absolute atomic E-state index is 13.3. The van der Waals surface area contributed by atoms with Gasteiger partial charge in [0.15, 0.2) is 0 Å². The summed E-state index contributed by atoms with van der Waals surface area (Å²) in [6.07, 6.45) is 3.56. The van der Waals surface area contributed by atoms with Gasteiger partial charge >= 0.3 is 0 Å². The molecule has 2 N–H and O–H groups in total. The lowest BCUT2D eigenvalue weighted by molar-refractivity contribution is 0.0993. The fourth-order valence-corrected chi connectivity index (χ4v) is 2.77. The van der Waals surface area contributed by atoms with E-state index in [0.717, 1.165) is 30.1 Å². The van der Waals surface area contributed by atoms with E-state index in [1.165, 1.54) is 18.6 Å². The van der Waals surface area contributed by atoms with Gasteiger partial charge < -0.3 is 10.5 Å². The summed E-state index contributed by atoms with van der Waals surface area (Å²) in [6, 6.07) is 4.41. The van der Waals surface area contributed by atoms with Crippen LogP contribution < -0.4 is 10.5 Å². The molecule has 4 atom stereocenters. The van der Waals surface area contributed by atoms with Crippen LogP contribution in [0, 0.1) is 17.7 Å². The van der Waals surface area contributed by atoms with Gasteiger partial charge in [-0.05, 0) is 56.2 Å².